The first-order chi connectivity index (χ1) is 26.9. The van der Waals surface area contributed by atoms with Crippen molar-refractivity contribution in [3.63, 3.8) is 0 Å². The summed E-state index contributed by atoms with van der Waals surface area (Å²) in [5.41, 5.74) is -5.17. The topological polar surface area (TPSA) is 179 Å². The second-order valence-corrected chi connectivity index (χ2v) is 23.6. The third-order valence-electron chi connectivity index (χ3n) is 14.1. The molecule has 0 aromatic heterocycles. The fraction of sp³-hybridized carbons (Fsp3) is 0.911. The number of hydrogen-bond donors (Lipinski definition) is 3. The average Bonchev–Trinajstić information content (AvgIpc) is 3.04. The number of esters is 4. The molecule has 4 saturated heterocycles. The van der Waals surface area contributed by atoms with Crippen LogP contribution < -0.4 is 0 Å². The second kappa shape index (κ2) is 17.0. The van der Waals surface area contributed by atoms with E-state index in [-0.39, 0.29) is 36.8 Å². The van der Waals surface area contributed by atoms with Gasteiger partial charge in [0.2, 0.25) is 0 Å². The number of likely N-dealkylation sites (tertiary alicyclic amines) is 1. The molecule has 0 aromatic rings. The van der Waals surface area contributed by atoms with Crippen LogP contribution in [0.4, 0.5) is 0 Å². The third-order valence-corrected chi connectivity index (χ3v) is 14.1. The van der Waals surface area contributed by atoms with Crippen LogP contribution in [0.25, 0.3) is 0 Å². The highest BCUT2D eigenvalue weighted by molar-refractivity contribution is 5.88. The summed E-state index contributed by atoms with van der Waals surface area (Å²) in [7, 11) is 2.05. The molecule has 4 fully saturated rings. The van der Waals surface area contributed by atoms with Gasteiger partial charge in [-0.2, -0.15) is 15.2 Å². The lowest BCUT2D eigenvalue weighted by Crippen LogP contribution is -2.61. The molecule has 346 valence electrons. The molecule has 0 aliphatic carbocycles. The number of piperidine rings is 4. The number of nitrogens with zero attached hydrogens (tertiary/aromatic N) is 4. The van der Waals surface area contributed by atoms with Crippen LogP contribution in [0.5, 0.6) is 0 Å². The highest BCUT2D eigenvalue weighted by Gasteiger charge is 2.52. The molecular formula is C45H80N4O11. The van der Waals surface area contributed by atoms with Gasteiger partial charge in [0, 0.05) is 95.7 Å². The van der Waals surface area contributed by atoms with E-state index < -0.39 is 106 Å². The third kappa shape index (κ3) is 11.2. The molecule has 15 heteroatoms. The summed E-state index contributed by atoms with van der Waals surface area (Å²) in [5.74, 6) is -6.16. The normalized spacial score (nSPS) is 28.3. The van der Waals surface area contributed by atoms with Crippen LogP contribution in [0.15, 0.2) is 0 Å². The van der Waals surface area contributed by atoms with E-state index >= 15 is 0 Å². The van der Waals surface area contributed by atoms with E-state index in [1.165, 1.54) is 15.2 Å². The first-order valence-corrected chi connectivity index (χ1v) is 21.9. The molecule has 0 amide bonds. The Morgan fingerprint density at radius 3 is 0.850 bits per heavy atom. The maximum absolute atomic E-state index is 14.7. The van der Waals surface area contributed by atoms with Crippen molar-refractivity contribution in [2.24, 2.45) is 11.8 Å². The molecule has 0 radical (unpaired) electrons. The lowest BCUT2D eigenvalue weighted by molar-refractivity contribution is -0.261. The zero-order valence-corrected chi connectivity index (χ0v) is 39.9. The minimum Gasteiger partial charge on any atom is -0.462 e. The molecule has 0 aromatic carbocycles. The minimum absolute atomic E-state index is 0.266. The molecule has 4 aliphatic heterocycles. The van der Waals surface area contributed by atoms with Gasteiger partial charge in [-0.1, -0.05) is 0 Å². The molecule has 0 bridgehead atoms. The lowest BCUT2D eigenvalue weighted by atomic mass is 9.78. The van der Waals surface area contributed by atoms with Crippen molar-refractivity contribution >= 4 is 23.9 Å². The van der Waals surface area contributed by atoms with Gasteiger partial charge in [-0.3, -0.25) is 24.1 Å². The Morgan fingerprint density at radius 2 is 0.617 bits per heavy atom. The van der Waals surface area contributed by atoms with Gasteiger partial charge < -0.3 is 34.6 Å². The van der Waals surface area contributed by atoms with Crippen molar-refractivity contribution in [1.82, 2.24) is 20.1 Å². The number of rotatable bonds is 11. The summed E-state index contributed by atoms with van der Waals surface area (Å²) in [6.45, 7) is 30.5. The Bertz CT molecular complexity index is 1420. The summed E-state index contributed by atoms with van der Waals surface area (Å²) in [6.07, 6.45) is -0.818. The zero-order valence-electron chi connectivity index (χ0n) is 39.9. The van der Waals surface area contributed by atoms with E-state index in [9.17, 15) is 34.8 Å². The fourth-order valence-corrected chi connectivity index (χ4v) is 11.3. The number of carbonyl (C=O) groups is 4. The first kappa shape index (κ1) is 50.2. The van der Waals surface area contributed by atoms with Crippen LogP contribution in [0, 0.1) is 11.8 Å². The van der Waals surface area contributed by atoms with E-state index in [1.54, 1.807) is 0 Å². The number of ether oxygens (including phenoxy) is 4. The van der Waals surface area contributed by atoms with E-state index in [4.69, 9.17) is 18.9 Å². The molecular weight excluding hydrogens is 773 g/mol. The first-order valence-electron chi connectivity index (χ1n) is 21.9. The van der Waals surface area contributed by atoms with Crippen molar-refractivity contribution in [2.45, 2.75) is 244 Å². The van der Waals surface area contributed by atoms with Crippen molar-refractivity contribution in [3.05, 3.63) is 0 Å². The average molecular weight is 853 g/mol. The number of carbonyl (C=O) groups excluding carboxylic acids is 4. The molecule has 3 N–H and O–H groups in total. The SMILES string of the molecule is CN1C(C)(C)CC(OC(=O)CC(C(=O)OC2CC(C)(C)N(O)C(C)(C)C2)C(CC(=O)OC2CC(C)(C)N(O)C(C)(C)C2)C(=O)OC2CC(C)(C)N(O)C(C)(C)C2)CC1(C)C. The van der Waals surface area contributed by atoms with Crippen LogP contribution in [-0.2, 0) is 38.1 Å². The van der Waals surface area contributed by atoms with Gasteiger partial charge in [0.25, 0.3) is 0 Å². The minimum atomic E-state index is -1.50. The smallest absolute Gasteiger partial charge is 0.310 e. The van der Waals surface area contributed by atoms with Gasteiger partial charge >= 0.3 is 23.9 Å². The highest BCUT2D eigenvalue weighted by atomic mass is 16.6. The number of hydrogen-bond acceptors (Lipinski definition) is 15. The molecule has 0 spiro atoms. The monoisotopic (exact) mass is 853 g/mol. The molecule has 15 nitrogen and oxygen atoms in total. The summed E-state index contributed by atoms with van der Waals surface area (Å²) in [5, 5.41) is 36.7. The molecule has 4 aliphatic rings. The summed E-state index contributed by atoms with van der Waals surface area (Å²) >= 11 is 0. The number of hydroxylamine groups is 6. The Balaban J connectivity index is 1.72. The Morgan fingerprint density at radius 1 is 0.417 bits per heavy atom. The van der Waals surface area contributed by atoms with Gasteiger partial charge in [-0.25, -0.2) is 0 Å². The quantitative estimate of drug-likeness (QED) is 0.142. The van der Waals surface area contributed by atoms with Crippen molar-refractivity contribution in [1.29, 1.82) is 0 Å². The van der Waals surface area contributed by atoms with Crippen molar-refractivity contribution in [2.75, 3.05) is 7.05 Å². The standard InChI is InChI=1S/C45H80N4O11/c1-38(2)20-28(21-39(3,4)46(38)17)57-34(50)18-32(36(52)59-30-24-42(9,10)48(55)43(11,12)25-30)33(37(53)60-31-26-44(13,14)49(56)45(15,16)27-31)19-35(51)58-29-22-40(5,6)47(54)41(7,8)23-29/h28-33,54-56H,18-27H2,1-17H3. The van der Waals surface area contributed by atoms with E-state index in [1.807, 2.05) is 90.1 Å². The summed E-state index contributed by atoms with van der Waals surface area (Å²) in [6, 6.07) is 0. The lowest BCUT2D eigenvalue weighted by Gasteiger charge is -2.53. The van der Waals surface area contributed by atoms with Gasteiger partial charge in [-0.05, 0) is 118 Å². The second-order valence-electron chi connectivity index (χ2n) is 23.6. The fourth-order valence-electron chi connectivity index (χ4n) is 11.3. The van der Waals surface area contributed by atoms with Crippen LogP contribution in [0.2, 0.25) is 0 Å². The maximum atomic E-state index is 14.7. The Hall–Kier alpha value is -2.40. The van der Waals surface area contributed by atoms with E-state index in [2.05, 4.69) is 32.6 Å². The van der Waals surface area contributed by atoms with Crippen LogP contribution >= 0.6 is 0 Å². The molecule has 0 saturated carbocycles. The predicted octanol–water partition coefficient (Wildman–Crippen LogP) is 7.06. The molecule has 2 atom stereocenters. The van der Waals surface area contributed by atoms with E-state index in [0.29, 0.717) is 25.7 Å². The predicted molar refractivity (Wildman–Crippen MR) is 224 cm³/mol. The van der Waals surface area contributed by atoms with Crippen LogP contribution in [0.1, 0.15) is 175 Å². The van der Waals surface area contributed by atoms with Gasteiger partial charge in [0.1, 0.15) is 24.4 Å². The molecule has 4 heterocycles. The molecule has 60 heavy (non-hydrogen) atoms. The Labute approximate surface area is 359 Å². The summed E-state index contributed by atoms with van der Waals surface area (Å²) in [4.78, 5) is 60.0. The van der Waals surface area contributed by atoms with E-state index in [0.717, 1.165) is 0 Å². The van der Waals surface area contributed by atoms with Crippen molar-refractivity contribution in [3.8, 4) is 0 Å². The van der Waals surface area contributed by atoms with Gasteiger partial charge in [0.05, 0.1) is 24.7 Å². The molecule has 4 rings (SSSR count). The van der Waals surface area contributed by atoms with Gasteiger partial charge in [0.15, 0.2) is 0 Å². The van der Waals surface area contributed by atoms with Crippen LogP contribution in [-0.4, -0.2) is 135 Å². The Kier molecular flexibility index (Phi) is 14.2. The molecule has 2 unspecified atom stereocenters. The summed E-state index contributed by atoms with van der Waals surface area (Å²) < 4.78 is 24.6. The highest BCUT2D eigenvalue weighted by Crippen LogP contribution is 2.43. The van der Waals surface area contributed by atoms with Crippen molar-refractivity contribution < 1.29 is 53.7 Å². The largest absolute Gasteiger partial charge is 0.462 e. The maximum Gasteiger partial charge on any atom is 0.310 e. The van der Waals surface area contributed by atoms with Gasteiger partial charge in [-0.15, -0.1) is 0 Å². The van der Waals surface area contributed by atoms with Crippen LogP contribution in [0.3, 0.4) is 0 Å². The zero-order chi connectivity index (χ0) is 46.0.